The van der Waals surface area contributed by atoms with Crippen molar-refractivity contribution >= 4 is 0 Å². The van der Waals surface area contributed by atoms with Crippen LogP contribution in [0, 0.1) is 13.8 Å². The highest BCUT2D eigenvalue weighted by Gasteiger charge is 2.25. The van der Waals surface area contributed by atoms with Gasteiger partial charge in [-0.1, -0.05) is 0 Å². The maximum absolute atomic E-state index is 5.49. The molecule has 86 valence electrons. The summed E-state index contributed by atoms with van der Waals surface area (Å²) in [5.74, 6) is 1.84. The standard InChI is InChI=1S/C13H17NO2/c1-8-9(2)13-12(15-7-16-13)6-10(8)11-4-3-5-14-11/h6,11,14H,3-5,7H2,1-2H3. The van der Waals surface area contributed by atoms with Crippen molar-refractivity contribution in [2.75, 3.05) is 13.3 Å². The van der Waals surface area contributed by atoms with Gasteiger partial charge in [-0.3, -0.25) is 0 Å². The van der Waals surface area contributed by atoms with Gasteiger partial charge >= 0.3 is 0 Å². The Morgan fingerprint density at radius 1 is 1.25 bits per heavy atom. The molecule has 0 bridgehead atoms. The Kier molecular flexibility index (Phi) is 2.28. The first-order chi connectivity index (χ1) is 7.77. The van der Waals surface area contributed by atoms with Gasteiger partial charge in [0.25, 0.3) is 0 Å². The second-order valence-corrected chi connectivity index (χ2v) is 4.60. The van der Waals surface area contributed by atoms with Crippen LogP contribution in [-0.2, 0) is 0 Å². The molecule has 16 heavy (non-hydrogen) atoms. The van der Waals surface area contributed by atoms with E-state index in [-0.39, 0.29) is 0 Å². The van der Waals surface area contributed by atoms with Crippen LogP contribution in [0.2, 0.25) is 0 Å². The Bertz CT molecular complexity index is 422. The molecule has 3 rings (SSSR count). The summed E-state index contributed by atoms with van der Waals surface area (Å²) in [5.41, 5.74) is 3.93. The van der Waals surface area contributed by atoms with Crippen molar-refractivity contribution in [1.29, 1.82) is 0 Å². The largest absolute Gasteiger partial charge is 0.454 e. The normalized spacial score (nSPS) is 22.8. The first-order valence-electron chi connectivity index (χ1n) is 5.90. The van der Waals surface area contributed by atoms with Crippen LogP contribution in [-0.4, -0.2) is 13.3 Å². The van der Waals surface area contributed by atoms with Crippen LogP contribution in [0.3, 0.4) is 0 Å². The molecule has 0 saturated carbocycles. The average molecular weight is 219 g/mol. The lowest BCUT2D eigenvalue weighted by Crippen LogP contribution is -2.14. The Labute approximate surface area is 95.8 Å². The molecule has 1 aromatic rings. The predicted molar refractivity (Wildman–Crippen MR) is 62.0 cm³/mol. The molecule has 1 aromatic carbocycles. The third-order valence-corrected chi connectivity index (χ3v) is 3.70. The summed E-state index contributed by atoms with van der Waals surface area (Å²) in [7, 11) is 0. The summed E-state index contributed by atoms with van der Waals surface area (Å²) in [6.45, 7) is 5.77. The Morgan fingerprint density at radius 3 is 2.88 bits per heavy atom. The van der Waals surface area contributed by atoms with E-state index < -0.39 is 0 Å². The minimum absolute atomic E-state index is 0.358. The van der Waals surface area contributed by atoms with Crippen LogP contribution in [0.15, 0.2) is 6.07 Å². The summed E-state index contributed by atoms with van der Waals surface area (Å²) in [6, 6.07) is 2.64. The van der Waals surface area contributed by atoms with E-state index in [4.69, 9.17) is 9.47 Å². The van der Waals surface area contributed by atoms with Gasteiger partial charge in [-0.2, -0.15) is 0 Å². The highest BCUT2D eigenvalue weighted by Crippen LogP contribution is 2.41. The summed E-state index contributed by atoms with van der Waals surface area (Å²) in [6.07, 6.45) is 2.48. The molecular weight excluding hydrogens is 202 g/mol. The highest BCUT2D eigenvalue weighted by molar-refractivity contribution is 5.55. The molecule has 2 aliphatic rings. The lowest BCUT2D eigenvalue weighted by atomic mass is 9.95. The van der Waals surface area contributed by atoms with Crippen LogP contribution < -0.4 is 14.8 Å². The fraction of sp³-hybridized carbons (Fsp3) is 0.538. The predicted octanol–water partition coefficient (Wildman–Crippen LogP) is 2.46. The van der Waals surface area contributed by atoms with Crippen LogP contribution in [0.1, 0.15) is 35.6 Å². The van der Waals surface area contributed by atoms with E-state index in [1.165, 1.54) is 29.5 Å². The molecule has 3 nitrogen and oxygen atoms in total. The molecule has 1 saturated heterocycles. The van der Waals surface area contributed by atoms with Crippen molar-refractivity contribution in [3.05, 3.63) is 22.8 Å². The van der Waals surface area contributed by atoms with E-state index in [0.717, 1.165) is 18.0 Å². The van der Waals surface area contributed by atoms with Crippen molar-refractivity contribution in [1.82, 2.24) is 5.32 Å². The zero-order chi connectivity index (χ0) is 11.1. The molecule has 2 heterocycles. The number of fused-ring (bicyclic) bond motifs is 1. The maximum Gasteiger partial charge on any atom is 0.231 e. The van der Waals surface area contributed by atoms with Gasteiger partial charge in [0.15, 0.2) is 11.5 Å². The third-order valence-electron chi connectivity index (χ3n) is 3.70. The summed E-state index contributed by atoms with van der Waals surface area (Å²) >= 11 is 0. The van der Waals surface area contributed by atoms with E-state index >= 15 is 0 Å². The maximum atomic E-state index is 5.49. The molecule has 0 amide bonds. The van der Waals surface area contributed by atoms with Crippen molar-refractivity contribution in [2.24, 2.45) is 0 Å². The zero-order valence-electron chi connectivity index (χ0n) is 9.80. The number of rotatable bonds is 1. The number of hydrogen-bond donors (Lipinski definition) is 1. The molecule has 1 atom stereocenters. The first-order valence-corrected chi connectivity index (χ1v) is 5.90. The Morgan fingerprint density at radius 2 is 2.12 bits per heavy atom. The van der Waals surface area contributed by atoms with Crippen molar-refractivity contribution in [2.45, 2.75) is 32.7 Å². The monoisotopic (exact) mass is 219 g/mol. The lowest BCUT2D eigenvalue weighted by Gasteiger charge is -2.17. The van der Waals surface area contributed by atoms with E-state index in [2.05, 4.69) is 25.2 Å². The molecule has 3 heteroatoms. The van der Waals surface area contributed by atoms with Crippen LogP contribution in [0.4, 0.5) is 0 Å². The molecule has 0 aliphatic carbocycles. The van der Waals surface area contributed by atoms with E-state index in [1.54, 1.807) is 0 Å². The van der Waals surface area contributed by atoms with Crippen LogP contribution in [0.25, 0.3) is 0 Å². The molecule has 1 N–H and O–H groups in total. The summed E-state index contributed by atoms with van der Waals surface area (Å²) in [4.78, 5) is 0. The van der Waals surface area contributed by atoms with Crippen molar-refractivity contribution in [3.63, 3.8) is 0 Å². The number of nitrogens with one attached hydrogen (secondary N) is 1. The highest BCUT2D eigenvalue weighted by atomic mass is 16.7. The van der Waals surface area contributed by atoms with Crippen molar-refractivity contribution < 1.29 is 9.47 Å². The topological polar surface area (TPSA) is 30.5 Å². The summed E-state index contributed by atoms with van der Waals surface area (Å²) in [5, 5.41) is 3.54. The van der Waals surface area contributed by atoms with E-state index in [0.29, 0.717) is 12.8 Å². The molecule has 0 spiro atoms. The fourth-order valence-corrected chi connectivity index (χ4v) is 2.64. The average Bonchev–Trinajstić information content (AvgIpc) is 2.92. The van der Waals surface area contributed by atoms with Gasteiger partial charge in [-0.15, -0.1) is 0 Å². The number of hydrogen-bond acceptors (Lipinski definition) is 3. The molecular formula is C13H17NO2. The van der Waals surface area contributed by atoms with Gasteiger partial charge in [0.1, 0.15) is 0 Å². The quantitative estimate of drug-likeness (QED) is 0.787. The molecule has 1 unspecified atom stereocenters. The van der Waals surface area contributed by atoms with Crippen LogP contribution >= 0.6 is 0 Å². The first kappa shape index (κ1) is 9.97. The minimum atomic E-state index is 0.358. The molecule has 1 fully saturated rings. The number of benzene rings is 1. The van der Waals surface area contributed by atoms with Crippen LogP contribution in [0.5, 0.6) is 11.5 Å². The van der Waals surface area contributed by atoms with E-state index in [1.807, 2.05) is 0 Å². The fourth-order valence-electron chi connectivity index (χ4n) is 2.64. The van der Waals surface area contributed by atoms with Gasteiger partial charge in [-0.25, -0.2) is 0 Å². The third kappa shape index (κ3) is 1.39. The Balaban J connectivity index is 2.08. The molecule has 0 radical (unpaired) electrons. The molecule has 0 aromatic heterocycles. The summed E-state index contributed by atoms with van der Waals surface area (Å²) < 4.78 is 11.0. The van der Waals surface area contributed by atoms with Gasteiger partial charge in [0.05, 0.1) is 0 Å². The SMILES string of the molecule is Cc1c(C2CCCN2)cc2c(c1C)OCO2. The molecule has 2 aliphatic heterocycles. The lowest BCUT2D eigenvalue weighted by molar-refractivity contribution is 0.173. The van der Waals surface area contributed by atoms with Gasteiger partial charge < -0.3 is 14.8 Å². The smallest absolute Gasteiger partial charge is 0.231 e. The van der Waals surface area contributed by atoms with Crippen molar-refractivity contribution in [3.8, 4) is 11.5 Å². The van der Waals surface area contributed by atoms with Gasteiger partial charge in [0.2, 0.25) is 6.79 Å². The second-order valence-electron chi connectivity index (χ2n) is 4.60. The van der Waals surface area contributed by atoms with Gasteiger partial charge in [-0.05, 0) is 56.0 Å². The minimum Gasteiger partial charge on any atom is -0.454 e. The number of ether oxygens (including phenoxy) is 2. The van der Waals surface area contributed by atoms with E-state index in [9.17, 15) is 0 Å². The second kappa shape index (κ2) is 3.67. The van der Waals surface area contributed by atoms with Gasteiger partial charge in [0, 0.05) is 6.04 Å². The zero-order valence-corrected chi connectivity index (χ0v) is 9.80. The Hall–Kier alpha value is -1.22.